The molecule has 5 nitrogen and oxygen atoms in total. The van der Waals surface area contributed by atoms with Crippen molar-refractivity contribution in [1.82, 2.24) is 9.97 Å². The molecule has 3 rings (SSSR count). The van der Waals surface area contributed by atoms with Crippen molar-refractivity contribution in [3.63, 3.8) is 0 Å². The molecule has 1 saturated heterocycles. The molecule has 2 aromatic rings. The van der Waals surface area contributed by atoms with Crippen molar-refractivity contribution in [2.45, 2.75) is 45.0 Å². The van der Waals surface area contributed by atoms with E-state index in [2.05, 4.69) is 29.1 Å². The Kier molecular flexibility index (Phi) is 3.76. The van der Waals surface area contributed by atoms with Crippen LogP contribution < -0.4 is 10.1 Å². The van der Waals surface area contributed by atoms with Gasteiger partial charge in [0, 0.05) is 19.9 Å². The fourth-order valence-electron chi connectivity index (χ4n) is 2.63. The van der Waals surface area contributed by atoms with Crippen LogP contribution in [0.2, 0.25) is 0 Å². The van der Waals surface area contributed by atoms with Gasteiger partial charge in [0.15, 0.2) is 0 Å². The molecule has 0 saturated carbocycles. The van der Waals surface area contributed by atoms with Crippen molar-refractivity contribution in [1.29, 1.82) is 0 Å². The van der Waals surface area contributed by atoms with Crippen molar-refractivity contribution in [3.05, 3.63) is 11.4 Å². The quantitative estimate of drug-likeness (QED) is 0.942. The van der Waals surface area contributed by atoms with Crippen molar-refractivity contribution in [2.75, 3.05) is 12.4 Å². The van der Waals surface area contributed by atoms with E-state index in [0.29, 0.717) is 11.8 Å². The molecule has 0 bridgehead atoms. The molecule has 1 aliphatic rings. The Balaban J connectivity index is 1.87. The Hall–Kier alpha value is -1.40. The van der Waals surface area contributed by atoms with Gasteiger partial charge in [0.2, 0.25) is 11.8 Å². The highest BCUT2D eigenvalue weighted by atomic mass is 32.1. The average molecular weight is 293 g/mol. The van der Waals surface area contributed by atoms with Crippen molar-refractivity contribution in [2.24, 2.45) is 0 Å². The van der Waals surface area contributed by atoms with Crippen LogP contribution in [0.3, 0.4) is 0 Å². The van der Waals surface area contributed by atoms with Crippen LogP contribution in [-0.4, -0.2) is 35.3 Å². The van der Waals surface area contributed by atoms with Gasteiger partial charge >= 0.3 is 0 Å². The first-order chi connectivity index (χ1) is 9.65. The van der Waals surface area contributed by atoms with Crippen LogP contribution in [0.25, 0.3) is 10.2 Å². The SMILES string of the molecule is CNc1nc(OC2CC(C)OC(C)C2)c2ccsc2n1. The number of rotatable bonds is 3. The van der Waals surface area contributed by atoms with E-state index in [1.807, 2.05) is 18.5 Å². The van der Waals surface area contributed by atoms with Gasteiger partial charge in [0.05, 0.1) is 17.6 Å². The number of nitrogens with zero attached hydrogens (tertiary/aromatic N) is 2. The first-order valence-corrected chi connectivity index (χ1v) is 7.78. The fourth-order valence-corrected chi connectivity index (χ4v) is 3.38. The normalized spacial score (nSPS) is 26.6. The Bertz CT molecular complexity index is 591. The highest BCUT2D eigenvalue weighted by Gasteiger charge is 2.27. The lowest BCUT2D eigenvalue weighted by molar-refractivity contribution is -0.0726. The Morgan fingerprint density at radius 1 is 1.30 bits per heavy atom. The van der Waals surface area contributed by atoms with E-state index in [1.165, 1.54) is 0 Å². The molecule has 3 heterocycles. The molecule has 1 N–H and O–H groups in total. The molecule has 6 heteroatoms. The number of hydrogen-bond donors (Lipinski definition) is 1. The Morgan fingerprint density at radius 3 is 2.75 bits per heavy atom. The minimum absolute atomic E-state index is 0.149. The Morgan fingerprint density at radius 2 is 2.05 bits per heavy atom. The van der Waals surface area contributed by atoms with Gasteiger partial charge in [0.25, 0.3) is 0 Å². The molecule has 0 aliphatic carbocycles. The Labute approximate surface area is 122 Å². The van der Waals surface area contributed by atoms with E-state index in [0.717, 1.165) is 23.1 Å². The van der Waals surface area contributed by atoms with Gasteiger partial charge in [-0.1, -0.05) is 0 Å². The first-order valence-electron chi connectivity index (χ1n) is 6.91. The highest BCUT2D eigenvalue weighted by molar-refractivity contribution is 7.16. The van der Waals surface area contributed by atoms with Gasteiger partial charge in [-0.2, -0.15) is 4.98 Å². The van der Waals surface area contributed by atoms with Crippen molar-refractivity contribution >= 4 is 27.5 Å². The molecular formula is C14H19N3O2S. The van der Waals surface area contributed by atoms with Gasteiger partial charge in [-0.05, 0) is 25.3 Å². The molecule has 1 aliphatic heterocycles. The van der Waals surface area contributed by atoms with E-state index < -0.39 is 0 Å². The number of fused-ring (bicyclic) bond motifs is 1. The van der Waals surface area contributed by atoms with Crippen LogP contribution in [0.4, 0.5) is 5.95 Å². The summed E-state index contributed by atoms with van der Waals surface area (Å²) in [6.45, 7) is 4.18. The van der Waals surface area contributed by atoms with Crippen LogP contribution in [0.15, 0.2) is 11.4 Å². The second-order valence-corrected chi connectivity index (χ2v) is 6.10. The number of hydrogen-bond acceptors (Lipinski definition) is 6. The predicted molar refractivity (Wildman–Crippen MR) is 80.6 cm³/mol. The molecular weight excluding hydrogens is 274 g/mol. The number of anilines is 1. The smallest absolute Gasteiger partial charge is 0.227 e. The second-order valence-electron chi connectivity index (χ2n) is 5.21. The zero-order valence-electron chi connectivity index (χ0n) is 11.9. The molecule has 2 atom stereocenters. The highest BCUT2D eigenvalue weighted by Crippen LogP contribution is 2.31. The van der Waals surface area contributed by atoms with E-state index in [-0.39, 0.29) is 18.3 Å². The predicted octanol–water partition coefficient (Wildman–Crippen LogP) is 3.07. The number of aromatic nitrogens is 2. The topological polar surface area (TPSA) is 56.3 Å². The number of thiophene rings is 1. The first kappa shape index (κ1) is 13.6. The van der Waals surface area contributed by atoms with E-state index in [4.69, 9.17) is 9.47 Å². The van der Waals surface area contributed by atoms with Crippen LogP contribution in [0, 0.1) is 0 Å². The summed E-state index contributed by atoms with van der Waals surface area (Å²) in [7, 11) is 1.82. The lowest BCUT2D eigenvalue weighted by Crippen LogP contribution is -2.35. The molecule has 0 radical (unpaired) electrons. The van der Waals surface area contributed by atoms with Crippen LogP contribution in [-0.2, 0) is 4.74 Å². The fraction of sp³-hybridized carbons (Fsp3) is 0.571. The zero-order chi connectivity index (χ0) is 14.1. The molecule has 2 unspecified atom stereocenters. The van der Waals surface area contributed by atoms with Crippen molar-refractivity contribution < 1.29 is 9.47 Å². The molecule has 0 amide bonds. The second kappa shape index (κ2) is 5.54. The largest absolute Gasteiger partial charge is 0.474 e. The average Bonchev–Trinajstić information content (AvgIpc) is 2.85. The lowest BCUT2D eigenvalue weighted by Gasteiger charge is -2.32. The molecule has 1 fully saturated rings. The molecule has 2 aromatic heterocycles. The maximum absolute atomic E-state index is 6.15. The van der Waals surface area contributed by atoms with Gasteiger partial charge in [0.1, 0.15) is 10.9 Å². The molecule has 0 aromatic carbocycles. The summed E-state index contributed by atoms with van der Waals surface area (Å²) in [5, 5.41) is 5.99. The third kappa shape index (κ3) is 2.71. The standard InChI is InChI=1S/C14H19N3O2S/c1-8-6-10(7-9(2)18-8)19-12-11-4-5-20-13(11)17-14(15-3)16-12/h4-5,8-10H,6-7H2,1-3H3,(H,15,16,17). The summed E-state index contributed by atoms with van der Waals surface area (Å²) in [6.07, 6.45) is 2.40. The number of ether oxygens (including phenoxy) is 2. The van der Waals surface area contributed by atoms with Gasteiger partial charge in [-0.25, -0.2) is 4.98 Å². The summed E-state index contributed by atoms with van der Waals surface area (Å²) in [5.41, 5.74) is 0. The summed E-state index contributed by atoms with van der Waals surface area (Å²) in [4.78, 5) is 9.84. The maximum atomic E-state index is 6.15. The third-order valence-corrected chi connectivity index (χ3v) is 4.25. The maximum Gasteiger partial charge on any atom is 0.227 e. The minimum atomic E-state index is 0.149. The lowest BCUT2D eigenvalue weighted by atomic mass is 10.0. The van der Waals surface area contributed by atoms with E-state index in [9.17, 15) is 0 Å². The monoisotopic (exact) mass is 293 g/mol. The van der Waals surface area contributed by atoms with Crippen LogP contribution in [0.5, 0.6) is 5.88 Å². The summed E-state index contributed by atoms with van der Waals surface area (Å²) >= 11 is 1.60. The van der Waals surface area contributed by atoms with E-state index in [1.54, 1.807) is 11.3 Å². The van der Waals surface area contributed by atoms with E-state index >= 15 is 0 Å². The third-order valence-electron chi connectivity index (χ3n) is 3.45. The van der Waals surface area contributed by atoms with Gasteiger partial charge in [-0.3, -0.25) is 0 Å². The van der Waals surface area contributed by atoms with Crippen LogP contribution in [0.1, 0.15) is 26.7 Å². The minimum Gasteiger partial charge on any atom is -0.474 e. The molecule has 108 valence electrons. The summed E-state index contributed by atoms with van der Waals surface area (Å²) < 4.78 is 11.9. The molecule has 20 heavy (non-hydrogen) atoms. The van der Waals surface area contributed by atoms with Crippen LogP contribution >= 0.6 is 11.3 Å². The number of nitrogens with one attached hydrogen (secondary N) is 1. The summed E-state index contributed by atoms with van der Waals surface area (Å²) in [5.74, 6) is 1.27. The summed E-state index contributed by atoms with van der Waals surface area (Å²) in [6, 6.07) is 2.01. The van der Waals surface area contributed by atoms with Gasteiger partial charge in [-0.15, -0.1) is 11.3 Å². The zero-order valence-corrected chi connectivity index (χ0v) is 12.7. The van der Waals surface area contributed by atoms with Gasteiger partial charge < -0.3 is 14.8 Å². The molecule has 0 spiro atoms. The van der Waals surface area contributed by atoms with Crippen molar-refractivity contribution in [3.8, 4) is 5.88 Å².